The van der Waals surface area contributed by atoms with Crippen LogP contribution in [0.5, 0.6) is 0 Å². The fraction of sp³-hybridized carbons (Fsp3) is 0.565. The highest BCUT2D eigenvalue weighted by atomic mass is 16.3. The monoisotopic (exact) mass is 442 g/mol. The molecule has 1 aromatic rings. The second-order valence-electron chi connectivity index (χ2n) is 9.08. The molecular weight excluding hydrogens is 412 g/mol. The van der Waals surface area contributed by atoms with E-state index in [1.54, 1.807) is 29.2 Å². The Morgan fingerprint density at radius 2 is 2.06 bits per heavy atom. The molecule has 2 heterocycles. The first-order chi connectivity index (χ1) is 15.3. The number of aliphatic hydroxyl groups is 1. The molecule has 3 aliphatic rings. The van der Waals surface area contributed by atoms with Crippen LogP contribution in [0.15, 0.2) is 24.3 Å². The zero-order valence-electron chi connectivity index (χ0n) is 18.3. The van der Waals surface area contributed by atoms with E-state index in [1.807, 2.05) is 0 Å². The SMILES string of the molecule is CC(=O)Nc1cccc(N2C(=O)N[C@H](CCC(=O)N3CC[C@@]4(O)CCCC[C@@H]4C3)C2=O)c1. The molecule has 0 bridgehead atoms. The van der Waals surface area contributed by atoms with Crippen LogP contribution in [-0.4, -0.2) is 58.5 Å². The fourth-order valence-corrected chi connectivity index (χ4v) is 5.12. The lowest BCUT2D eigenvalue weighted by molar-refractivity contribution is -0.143. The molecule has 2 aliphatic heterocycles. The summed E-state index contributed by atoms with van der Waals surface area (Å²) in [6.07, 6.45) is 4.83. The molecule has 9 heteroatoms. The summed E-state index contributed by atoms with van der Waals surface area (Å²) in [6.45, 7) is 2.46. The Balaban J connectivity index is 1.35. The highest BCUT2D eigenvalue weighted by Crippen LogP contribution is 2.40. The molecular formula is C23H30N4O5. The minimum Gasteiger partial charge on any atom is -0.389 e. The average Bonchev–Trinajstić information content (AvgIpc) is 3.04. The number of benzene rings is 1. The number of hydrogen-bond donors (Lipinski definition) is 3. The van der Waals surface area contributed by atoms with Crippen LogP contribution in [0, 0.1) is 5.92 Å². The second kappa shape index (κ2) is 8.90. The highest BCUT2D eigenvalue weighted by Gasteiger charge is 2.44. The van der Waals surface area contributed by atoms with Crippen LogP contribution >= 0.6 is 0 Å². The standard InChI is InChI=1S/C23H30N4O5/c1-15(28)24-17-6-4-7-18(13-17)27-21(30)19(25-22(27)31)8-9-20(29)26-12-11-23(32)10-3-2-5-16(23)14-26/h4,6-7,13,16,19,32H,2-3,5,8-12,14H2,1H3,(H,24,28)(H,25,31)/t16-,19-,23+/m1/s1. The lowest BCUT2D eigenvalue weighted by atomic mass is 9.71. The smallest absolute Gasteiger partial charge is 0.329 e. The van der Waals surface area contributed by atoms with Gasteiger partial charge in [0.05, 0.1) is 11.3 Å². The fourth-order valence-electron chi connectivity index (χ4n) is 5.12. The summed E-state index contributed by atoms with van der Waals surface area (Å²) < 4.78 is 0. The minimum absolute atomic E-state index is 0.0502. The Morgan fingerprint density at radius 1 is 1.25 bits per heavy atom. The topological polar surface area (TPSA) is 119 Å². The molecule has 1 saturated carbocycles. The van der Waals surface area contributed by atoms with E-state index in [0.717, 1.165) is 30.6 Å². The predicted molar refractivity (Wildman–Crippen MR) is 118 cm³/mol. The van der Waals surface area contributed by atoms with Gasteiger partial charge in [0.2, 0.25) is 11.8 Å². The van der Waals surface area contributed by atoms with Gasteiger partial charge in [0.25, 0.3) is 5.91 Å². The van der Waals surface area contributed by atoms with Crippen LogP contribution in [0.4, 0.5) is 16.2 Å². The van der Waals surface area contributed by atoms with Gasteiger partial charge in [-0.05, 0) is 43.9 Å². The third-order valence-corrected chi connectivity index (χ3v) is 6.87. The van der Waals surface area contributed by atoms with Gasteiger partial charge in [-0.25, -0.2) is 9.69 Å². The molecule has 3 atom stereocenters. The van der Waals surface area contributed by atoms with E-state index in [1.165, 1.54) is 6.92 Å². The summed E-state index contributed by atoms with van der Waals surface area (Å²) in [5, 5.41) is 16.1. The number of nitrogens with zero attached hydrogens (tertiary/aromatic N) is 2. The van der Waals surface area contributed by atoms with Crippen molar-refractivity contribution < 1.29 is 24.3 Å². The Hall–Kier alpha value is -2.94. The number of carbonyl (C=O) groups is 4. The largest absolute Gasteiger partial charge is 0.389 e. The third-order valence-electron chi connectivity index (χ3n) is 6.87. The molecule has 0 unspecified atom stereocenters. The molecule has 0 radical (unpaired) electrons. The number of rotatable bonds is 5. The van der Waals surface area contributed by atoms with Crippen molar-refractivity contribution in [3.05, 3.63) is 24.3 Å². The van der Waals surface area contributed by atoms with E-state index in [2.05, 4.69) is 10.6 Å². The highest BCUT2D eigenvalue weighted by molar-refractivity contribution is 6.21. The van der Waals surface area contributed by atoms with Crippen molar-refractivity contribution in [2.45, 2.75) is 63.5 Å². The summed E-state index contributed by atoms with van der Waals surface area (Å²) in [4.78, 5) is 52.2. The number of urea groups is 1. The second-order valence-corrected chi connectivity index (χ2v) is 9.08. The first-order valence-corrected chi connectivity index (χ1v) is 11.3. The normalized spacial score (nSPS) is 27.7. The van der Waals surface area contributed by atoms with Crippen LogP contribution in [0.2, 0.25) is 0 Å². The number of nitrogens with one attached hydrogen (secondary N) is 2. The number of carbonyl (C=O) groups excluding carboxylic acids is 4. The van der Waals surface area contributed by atoms with E-state index >= 15 is 0 Å². The van der Waals surface area contributed by atoms with E-state index in [9.17, 15) is 24.3 Å². The van der Waals surface area contributed by atoms with Crippen LogP contribution in [-0.2, 0) is 14.4 Å². The molecule has 1 aliphatic carbocycles. The molecule has 3 N–H and O–H groups in total. The van der Waals surface area contributed by atoms with Crippen LogP contribution in [0.3, 0.4) is 0 Å². The number of amides is 5. The molecule has 0 aromatic heterocycles. The van der Waals surface area contributed by atoms with E-state index < -0.39 is 23.6 Å². The maximum absolute atomic E-state index is 12.9. The molecule has 0 spiro atoms. The zero-order valence-corrected chi connectivity index (χ0v) is 18.3. The van der Waals surface area contributed by atoms with Gasteiger partial charge in [-0.2, -0.15) is 0 Å². The van der Waals surface area contributed by atoms with Gasteiger partial charge in [0.1, 0.15) is 6.04 Å². The minimum atomic E-state index is -0.771. The maximum Gasteiger partial charge on any atom is 0.329 e. The number of imide groups is 1. The number of hydrogen-bond acceptors (Lipinski definition) is 5. The van der Waals surface area contributed by atoms with Crippen LogP contribution in [0.1, 0.15) is 51.9 Å². The quantitative estimate of drug-likeness (QED) is 0.603. The predicted octanol–water partition coefficient (Wildman–Crippen LogP) is 2.00. The molecule has 3 fully saturated rings. The first kappa shape index (κ1) is 22.3. The van der Waals surface area contributed by atoms with Gasteiger partial charge in [-0.1, -0.05) is 18.9 Å². The lowest BCUT2D eigenvalue weighted by Crippen LogP contribution is -2.54. The zero-order chi connectivity index (χ0) is 22.9. The Bertz CT molecular complexity index is 935. The maximum atomic E-state index is 12.9. The van der Waals surface area contributed by atoms with Gasteiger partial charge in [0.15, 0.2) is 0 Å². The Morgan fingerprint density at radius 3 is 2.84 bits per heavy atom. The van der Waals surface area contributed by atoms with Crippen molar-refractivity contribution in [2.75, 3.05) is 23.3 Å². The lowest BCUT2D eigenvalue weighted by Gasteiger charge is -2.47. The van der Waals surface area contributed by atoms with Gasteiger partial charge < -0.3 is 20.6 Å². The molecule has 2 saturated heterocycles. The van der Waals surface area contributed by atoms with E-state index in [4.69, 9.17) is 0 Å². The first-order valence-electron chi connectivity index (χ1n) is 11.3. The summed E-state index contributed by atoms with van der Waals surface area (Å²) in [5.41, 5.74) is 0.207. The summed E-state index contributed by atoms with van der Waals surface area (Å²) in [6, 6.07) is 5.19. The summed E-state index contributed by atoms with van der Waals surface area (Å²) in [7, 11) is 0. The van der Waals surface area contributed by atoms with E-state index in [-0.39, 0.29) is 30.6 Å². The molecule has 172 valence electrons. The number of likely N-dealkylation sites (tertiary alicyclic amines) is 1. The molecule has 4 rings (SSSR count). The number of fused-ring (bicyclic) bond motifs is 1. The van der Waals surface area contributed by atoms with Crippen molar-refractivity contribution in [1.29, 1.82) is 0 Å². The van der Waals surface area contributed by atoms with Crippen LogP contribution < -0.4 is 15.5 Å². The van der Waals surface area contributed by atoms with Gasteiger partial charge in [-0.3, -0.25) is 14.4 Å². The van der Waals surface area contributed by atoms with Crippen molar-refractivity contribution in [1.82, 2.24) is 10.2 Å². The molecule has 32 heavy (non-hydrogen) atoms. The van der Waals surface area contributed by atoms with Crippen LogP contribution in [0.25, 0.3) is 0 Å². The van der Waals surface area contributed by atoms with E-state index in [0.29, 0.717) is 30.9 Å². The van der Waals surface area contributed by atoms with Gasteiger partial charge in [-0.15, -0.1) is 0 Å². The van der Waals surface area contributed by atoms with Crippen molar-refractivity contribution in [3.63, 3.8) is 0 Å². The third kappa shape index (κ3) is 4.48. The Labute approximate surface area is 187 Å². The molecule has 1 aromatic carbocycles. The number of anilines is 2. The summed E-state index contributed by atoms with van der Waals surface area (Å²) in [5.74, 6) is -0.595. The molecule has 5 amide bonds. The summed E-state index contributed by atoms with van der Waals surface area (Å²) >= 11 is 0. The molecule has 9 nitrogen and oxygen atoms in total. The van der Waals surface area contributed by atoms with Crippen molar-refractivity contribution >= 4 is 35.1 Å². The average molecular weight is 443 g/mol. The van der Waals surface area contributed by atoms with Crippen molar-refractivity contribution in [3.8, 4) is 0 Å². The number of piperidine rings is 1. The van der Waals surface area contributed by atoms with Crippen molar-refractivity contribution in [2.24, 2.45) is 5.92 Å². The van der Waals surface area contributed by atoms with Gasteiger partial charge >= 0.3 is 6.03 Å². The Kier molecular flexibility index (Phi) is 6.19. The van der Waals surface area contributed by atoms with Gasteiger partial charge in [0, 0.05) is 38.0 Å².